The van der Waals surface area contributed by atoms with Gasteiger partial charge in [0, 0.05) is 18.3 Å². The fourth-order valence-electron chi connectivity index (χ4n) is 3.18. The van der Waals surface area contributed by atoms with Gasteiger partial charge >= 0.3 is 0 Å². The van der Waals surface area contributed by atoms with Crippen LogP contribution in [-0.2, 0) is 16.0 Å². The Morgan fingerprint density at radius 2 is 1.87 bits per heavy atom. The van der Waals surface area contributed by atoms with Crippen molar-refractivity contribution in [1.82, 2.24) is 5.32 Å². The highest BCUT2D eigenvalue weighted by Gasteiger charge is 2.27. The van der Waals surface area contributed by atoms with E-state index in [1.54, 1.807) is 18.2 Å². The van der Waals surface area contributed by atoms with Crippen LogP contribution in [0.3, 0.4) is 0 Å². The number of morpholine rings is 1. The average Bonchev–Trinajstić information content (AvgIpc) is 2.73. The van der Waals surface area contributed by atoms with Crippen molar-refractivity contribution in [2.45, 2.75) is 12.5 Å². The summed E-state index contributed by atoms with van der Waals surface area (Å²) in [6, 6.07) is 9.21. The van der Waals surface area contributed by atoms with E-state index < -0.39 is 5.82 Å². The molecule has 0 saturated carbocycles. The molecule has 0 aliphatic carbocycles. The molecule has 1 atom stereocenters. The number of amides is 1. The molecule has 1 aliphatic rings. The Balaban J connectivity index is 0.00000320. The van der Waals surface area contributed by atoms with Crippen molar-refractivity contribution in [3.63, 3.8) is 0 Å². The second kappa shape index (κ2) is 11.1. The lowest BCUT2D eigenvalue weighted by Gasteiger charge is -2.33. The number of nitrogens with zero attached hydrogens (tertiary/aromatic N) is 1. The molecular weight excluding hydrogens is 418 g/mol. The van der Waals surface area contributed by atoms with E-state index in [0.29, 0.717) is 31.7 Å². The summed E-state index contributed by atoms with van der Waals surface area (Å²) < 4.78 is 42.9. The molecule has 1 fully saturated rings. The molecule has 0 spiro atoms. The first-order chi connectivity index (χ1) is 14.0. The molecule has 0 bridgehead atoms. The number of nitrogens with one attached hydrogen (secondary N) is 1. The molecule has 1 amide bonds. The van der Waals surface area contributed by atoms with Gasteiger partial charge in [0.15, 0.2) is 23.1 Å². The SMILES string of the molecule is COc1ccc(N2C[C@@H](CNCCc3ccc(F)c(OC)c3)OCC2=O)cc1F.Cl. The van der Waals surface area contributed by atoms with Gasteiger partial charge in [0.2, 0.25) is 0 Å². The van der Waals surface area contributed by atoms with E-state index >= 15 is 0 Å². The summed E-state index contributed by atoms with van der Waals surface area (Å²) in [6.07, 6.45) is 0.469. The molecule has 30 heavy (non-hydrogen) atoms. The number of carbonyl (C=O) groups excluding carboxylic acids is 1. The van der Waals surface area contributed by atoms with E-state index in [4.69, 9.17) is 14.2 Å². The molecule has 1 saturated heterocycles. The Labute approximate surface area is 180 Å². The second-order valence-corrected chi connectivity index (χ2v) is 6.68. The normalized spacial score (nSPS) is 16.2. The van der Waals surface area contributed by atoms with Crippen LogP contribution in [0.1, 0.15) is 5.56 Å². The van der Waals surface area contributed by atoms with Crippen LogP contribution in [-0.4, -0.2) is 52.5 Å². The molecule has 0 unspecified atom stereocenters. The summed E-state index contributed by atoms with van der Waals surface area (Å²) in [7, 11) is 2.82. The lowest BCUT2D eigenvalue weighted by molar-refractivity contribution is -0.129. The number of anilines is 1. The van der Waals surface area contributed by atoms with E-state index in [1.165, 1.54) is 37.3 Å². The fourth-order valence-corrected chi connectivity index (χ4v) is 3.18. The van der Waals surface area contributed by atoms with Crippen molar-refractivity contribution in [3.8, 4) is 11.5 Å². The van der Waals surface area contributed by atoms with Crippen molar-refractivity contribution in [1.29, 1.82) is 0 Å². The molecule has 0 radical (unpaired) electrons. The number of methoxy groups -OCH3 is 2. The summed E-state index contributed by atoms with van der Waals surface area (Å²) >= 11 is 0. The van der Waals surface area contributed by atoms with E-state index in [2.05, 4.69) is 5.32 Å². The Kier molecular flexibility index (Phi) is 8.83. The van der Waals surface area contributed by atoms with Gasteiger partial charge in [0.25, 0.3) is 5.91 Å². The summed E-state index contributed by atoms with van der Waals surface area (Å²) in [6.45, 7) is 1.44. The molecule has 2 aromatic rings. The zero-order chi connectivity index (χ0) is 20.8. The number of rotatable bonds is 8. The zero-order valence-electron chi connectivity index (χ0n) is 16.8. The lowest BCUT2D eigenvalue weighted by Crippen LogP contribution is -2.50. The Hall–Kier alpha value is -2.42. The average molecular weight is 443 g/mol. The molecule has 1 heterocycles. The maximum Gasteiger partial charge on any atom is 0.253 e. The Bertz CT molecular complexity index is 869. The topological polar surface area (TPSA) is 60.0 Å². The van der Waals surface area contributed by atoms with Crippen LogP contribution in [0.15, 0.2) is 36.4 Å². The third-order valence-electron chi connectivity index (χ3n) is 4.75. The number of halogens is 3. The number of carbonyl (C=O) groups is 1. The van der Waals surface area contributed by atoms with Crippen molar-refractivity contribution in [3.05, 3.63) is 53.6 Å². The first-order valence-corrected chi connectivity index (χ1v) is 9.30. The first kappa shape index (κ1) is 23.9. The van der Waals surface area contributed by atoms with Gasteiger partial charge in [-0.2, -0.15) is 0 Å². The van der Waals surface area contributed by atoms with Crippen LogP contribution in [0.4, 0.5) is 14.5 Å². The predicted molar refractivity (Wildman–Crippen MR) is 112 cm³/mol. The van der Waals surface area contributed by atoms with Crippen LogP contribution in [0.2, 0.25) is 0 Å². The first-order valence-electron chi connectivity index (χ1n) is 9.30. The largest absolute Gasteiger partial charge is 0.494 e. The maximum absolute atomic E-state index is 14.0. The number of ether oxygens (including phenoxy) is 3. The van der Waals surface area contributed by atoms with E-state index in [-0.39, 0.29) is 48.3 Å². The highest BCUT2D eigenvalue weighted by Crippen LogP contribution is 2.25. The van der Waals surface area contributed by atoms with Crippen molar-refractivity contribution in [2.75, 3.05) is 45.4 Å². The molecule has 164 valence electrons. The van der Waals surface area contributed by atoms with Crippen LogP contribution in [0.5, 0.6) is 11.5 Å². The van der Waals surface area contributed by atoms with Crippen LogP contribution in [0.25, 0.3) is 0 Å². The summed E-state index contributed by atoms with van der Waals surface area (Å²) in [5, 5.41) is 3.28. The minimum absolute atomic E-state index is 0. The molecule has 3 rings (SSSR count). The molecule has 6 nitrogen and oxygen atoms in total. The van der Waals surface area contributed by atoms with Crippen LogP contribution >= 0.6 is 12.4 Å². The second-order valence-electron chi connectivity index (χ2n) is 6.68. The number of hydrogen-bond acceptors (Lipinski definition) is 5. The van der Waals surface area contributed by atoms with Gasteiger partial charge in [-0.15, -0.1) is 12.4 Å². The van der Waals surface area contributed by atoms with E-state index in [1.807, 2.05) is 0 Å². The quantitative estimate of drug-likeness (QED) is 0.637. The smallest absolute Gasteiger partial charge is 0.253 e. The van der Waals surface area contributed by atoms with Gasteiger partial charge in [0.05, 0.1) is 26.9 Å². The van der Waals surface area contributed by atoms with Crippen molar-refractivity contribution < 1.29 is 27.8 Å². The molecule has 2 aromatic carbocycles. The summed E-state index contributed by atoms with van der Waals surface area (Å²) in [5.74, 6) is -0.776. The van der Waals surface area contributed by atoms with Gasteiger partial charge in [-0.1, -0.05) is 6.07 Å². The van der Waals surface area contributed by atoms with Gasteiger partial charge in [-0.3, -0.25) is 4.79 Å². The molecule has 9 heteroatoms. The third kappa shape index (κ3) is 5.81. The number of benzene rings is 2. The highest BCUT2D eigenvalue weighted by atomic mass is 35.5. The predicted octanol–water partition coefficient (Wildman–Crippen LogP) is 2.97. The monoisotopic (exact) mass is 442 g/mol. The van der Waals surface area contributed by atoms with Gasteiger partial charge in [-0.05, 0) is 42.8 Å². The molecular formula is C21H25ClF2N2O4. The minimum atomic E-state index is -0.520. The molecule has 0 aromatic heterocycles. The molecule has 1 aliphatic heterocycles. The van der Waals surface area contributed by atoms with E-state index in [0.717, 1.165) is 5.56 Å². The molecule has 1 N–H and O–H groups in total. The van der Waals surface area contributed by atoms with Crippen LogP contribution in [0, 0.1) is 11.6 Å². The van der Waals surface area contributed by atoms with Gasteiger partial charge in [0.1, 0.15) is 6.61 Å². The standard InChI is InChI=1S/C21H24F2N2O4.ClH/c1-27-19-6-4-15(10-18(19)23)25-12-16(29-13-21(25)26)11-24-8-7-14-3-5-17(22)20(9-14)28-2;/h3-6,9-10,16,24H,7-8,11-13H2,1-2H3;1H/t16-;/m1./s1. The fraction of sp³-hybridized carbons (Fsp3) is 0.381. The van der Waals surface area contributed by atoms with Crippen molar-refractivity contribution >= 4 is 24.0 Å². The Morgan fingerprint density at radius 3 is 2.57 bits per heavy atom. The summed E-state index contributed by atoms with van der Waals surface area (Å²) in [4.78, 5) is 13.7. The Morgan fingerprint density at radius 1 is 1.10 bits per heavy atom. The highest BCUT2D eigenvalue weighted by molar-refractivity contribution is 5.95. The number of hydrogen-bond donors (Lipinski definition) is 1. The van der Waals surface area contributed by atoms with Gasteiger partial charge in [-0.25, -0.2) is 8.78 Å². The third-order valence-corrected chi connectivity index (χ3v) is 4.75. The minimum Gasteiger partial charge on any atom is -0.494 e. The lowest BCUT2D eigenvalue weighted by atomic mass is 10.1. The zero-order valence-corrected chi connectivity index (χ0v) is 17.6. The van der Waals surface area contributed by atoms with Gasteiger partial charge < -0.3 is 24.4 Å². The van der Waals surface area contributed by atoms with Crippen molar-refractivity contribution in [2.24, 2.45) is 0 Å². The summed E-state index contributed by atoms with van der Waals surface area (Å²) in [5.41, 5.74) is 1.42. The van der Waals surface area contributed by atoms with Crippen LogP contribution < -0.4 is 19.7 Å². The maximum atomic E-state index is 14.0. The van der Waals surface area contributed by atoms with E-state index in [9.17, 15) is 13.6 Å².